The fraction of sp³-hybridized carbons (Fsp3) is 0.200. The molecule has 0 saturated carbocycles. The van der Waals surface area contributed by atoms with E-state index < -0.39 is 0 Å². The molecule has 0 radical (unpaired) electrons. The van der Waals surface area contributed by atoms with Crippen LogP contribution < -0.4 is 10.6 Å². The quantitative estimate of drug-likeness (QED) is 0.650. The zero-order valence-electron chi connectivity index (χ0n) is 11.2. The average molecular weight is 254 g/mol. The number of rotatable bonds is 4. The molecular formula is C15H18N4. The van der Waals surface area contributed by atoms with Crippen LogP contribution in [0.15, 0.2) is 42.7 Å². The van der Waals surface area contributed by atoms with Crippen LogP contribution in [0.25, 0.3) is 0 Å². The van der Waals surface area contributed by atoms with E-state index in [2.05, 4.69) is 16.0 Å². The summed E-state index contributed by atoms with van der Waals surface area (Å²) >= 11 is 0. The Bertz CT molecular complexity index is 592. The average Bonchev–Trinajstić information content (AvgIpc) is 2.39. The molecule has 1 heterocycles. The third-order valence-electron chi connectivity index (χ3n) is 2.95. The summed E-state index contributed by atoms with van der Waals surface area (Å²) in [6.45, 7) is 2.81. The monoisotopic (exact) mass is 254 g/mol. The summed E-state index contributed by atoms with van der Waals surface area (Å²) in [6.07, 6.45) is 3.72. The Hall–Kier alpha value is -2.36. The van der Waals surface area contributed by atoms with Crippen molar-refractivity contribution in [2.45, 2.75) is 13.5 Å². The molecule has 2 aromatic rings. The van der Waals surface area contributed by atoms with Gasteiger partial charge in [-0.3, -0.25) is 10.4 Å². The van der Waals surface area contributed by atoms with Gasteiger partial charge in [0.05, 0.1) is 0 Å². The van der Waals surface area contributed by atoms with Gasteiger partial charge in [0.1, 0.15) is 5.84 Å². The molecule has 0 fully saturated rings. The van der Waals surface area contributed by atoms with E-state index in [0.29, 0.717) is 0 Å². The maximum Gasteiger partial charge on any atom is 0.122 e. The predicted octanol–water partition coefficient (Wildman–Crippen LogP) is 2.31. The normalized spacial score (nSPS) is 10.2. The van der Waals surface area contributed by atoms with Gasteiger partial charge < -0.3 is 10.6 Å². The van der Waals surface area contributed by atoms with Crippen molar-refractivity contribution in [3.8, 4) is 0 Å². The van der Waals surface area contributed by atoms with E-state index in [0.717, 1.165) is 28.9 Å². The summed E-state index contributed by atoms with van der Waals surface area (Å²) in [4.78, 5) is 6.31. The van der Waals surface area contributed by atoms with Gasteiger partial charge in [-0.2, -0.15) is 0 Å². The maximum atomic E-state index is 7.47. The van der Waals surface area contributed by atoms with Gasteiger partial charge in [0.25, 0.3) is 0 Å². The molecular weight excluding hydrogens is 236 g/mol. The van der Waals surface area contributed by atoms with E-state index in [9.17, 15) is 0 Å². The lowest BCUT2D eigenvalue weighted by Gasteiger charge is -2.20. The highest BCUT2D eigenvalue weighted by atomic mass is 15.1. The first kappa shape index (κ1) is 13.1. The van der Waals surface area contributed by atoms with Crippen LogP contribution in [0.5, 0.6) is 0 Å². The molecule has 4 nitrogen and oxygen atoms in total. The summed E-state index contributed by atoms with van der Waals surface area (Å²) in [7, 11) is 2.02. The summed E-state index contributed by atoms with van der Waals surface area (Å²) in [5, 5.41) is 7.47. The zero-order chi connectivity index (χ0) is 13.8. The van der Waals surface area contributed by atoms with Crippen LogP contribution in [0.3, 0.4) is 0 Å². The number of nitrogen functional groups attached to an aromatic ring is 1. The van der Waals surface area contributed by atoms with Gasteiger partial charge in [-0.1, -0.05) is 18.2 Å². The zero-order valence-corrected chi connectivity index (χ0v) is 11.2. The summed E-state index contributed by atoms with van der Waals surface area (Å²) < 4.78 is 0. The Morgan fingerprint density at radius 2 is 2.11 bits per heavy atom. The topological polar surface area (TPSA) is 66.0 Å². The van der Waals surface area contributed by atoms with Crippen LogP contribution in [-0.2, 0) is 6.54 Å². The van der Waals surface area contributed by atoms with Crippen molar-refractivity contribution < 1.29 is 0 Å². The van der Waals surface area contributed by atoms with Crippen LogP contribution in [0.4, 0.5) is 5.69 Å². The maximum absolute atomic E-state index is 7.47. The van der Waals surface area contributed by atoms with Crippen LogP contribution >= 0.6 is 0 Å². The smallest absolute Gasteiger partial charge is 0.122 e. The second kappa shape index (κ2) is 5.52. The molecule has 0 amide bonds. The molecule has 0 aliphatic rings. The first-order valence-electron chi connectivity index (χ1n) is 6.12. The lowest BCUT2D eigenvalue weighted by Crippen LogP contribution is -2.18. The second-order valence-electron chi connectivity index (χ2n) is 4.69. The second-order valence-corrected chi connectivity index (χ2v) is 4.69. The van der Waals surface area contributed by atoms with Gasteiger partial charge in [-0.15, -0.1) is 0 Å². The molecule has 98 valence electrons. The third-order valence-corrected chi connectivity index (χ3v) is 2.95. The van der Waals surface area contributed by atoms with E-state index in [1.165, 1.54) is 0 Å². The molecule has 0 saturated heterocycles. The predicted molar refractivity (Wildman–Crippen MR) is 78.5 cm³/mol. The van der Waals surface area contributed by atoms with Crippen molar-refractivity contribution >= 4 is 11.5 Å². The van der Waals surface area contributed by atoms with Gasteiger partial charge in [-0.25, -0.2) is 0 Å². The van der Waals surface area contributed by atoms with Crippen molar-refractivity contribution in [2.24, 2.45) is 5.73 Å². The molecule has 0 unspecified atom stereocenters. The molecule has 0 atom stereocenters. The minimum Gasteiger partial charge on any atom is -0.384 e. The fourth-order valence-corrected chi connectivity index (χ4v) is 1.98. The van der Waals surface area contributed by atoms with Crippen LogP contribution in [0, 0.1) is 12.3 Å². The molecule has 19 heavy (non-hydrogen) atoms. The molecule has 3 N–H and O–H groups in total. The highest BCUT2D eigenvalue weighted by Gasteiger charge is 2.05. The number of pyridine rings is 1. The van der Waals surface area contributed by atoms with Crippen LogP contribution in [0.2, 0.25) is 0 Å². The first-order valence-corrected chi connectivity index (χ1v) is 6.12. The number of hydrogen-bond donors (Lipinski definition) is 2. The van der Waals surface area contributed by atoms with Crippen molar-refractivity contribution in [2.75, 3.05) is 11.9 Å². The highest BCUT2D eigenvalue weighted by Crippen LogP contribution is 2.17. The molecule has 0 aliphatic heterocycles. The number of aryl methyl sites for hydroxylation is 1. The lowest BCUT2D eigenvalue weighted by molar-refractivity contribution is 0.912. The first-order chi connectivity index (χ1) is 9.06. The SMILES string of the molecule is Cc1cncc(CN(C)c2cccc(C(=N)N)c2)c1. The Morgan fingerprint density at radius 3 is 2.79 bits per heavy atom. The third kappa shape index (κ3) is 3.31. The number of nitrogens with zero attached hydrogens (tertiary/aromatic N) is 2. The molecule has 2 rings (SSSR count). The molecule has 4 heteroatoms. The van der Waals surface area contributed by atoms with Gasteiger partial charge in [0, 0.05) is 37.2 Å². The van der Waals surface area contributed by atoms with Gasteiger partial charge in [-0.05, 0) is 30.2 Å². The minimum absolute atomic E-state index is 0.0903. The number of hydrogen-bond acceptors (Lipinski definition) is 3. The number of benzene rings is 1. The highest BCUT2D eigenvalue weighted by molar-refractivity contribution is 5.95. The number of amidine groups is 1. The number of anilines is 1. The summed E-state index contributed by atoms with van der Waals surface area (Å²) in [6, 6.07) is 9.81. The molecule has 1 aromatic heterocycles. The minimum atomic E-state index is 0.0903. The molecule has 0 aliphatic carbocycles. The van der Waals surface area contributed by atoms with Crippen LogP contribution in [0.1, 0.15) is 16.7 Å². The van der Waals surface area contributed by atoms with Gasteiger partial charge in [0.2, 0.25) is 0 Å². The Labute approximate surface area is 113 Å². The van der Waals surface area contributed by atoms with E-state index in [-0.39, 0.29) is 5.84 Å². The van der Waals surface area contributed by atoms with E-state index >= 15 is 0 Å². The van der Waals surface area contributed by atoms with Crippen molar-refractivity contribution in [3.63, 3.8) is 0 Å². The lowest BCUT2D eigenvalue weighted by atomic mass is 10.1. The van der Waals surface area contributed by atoms with E-state index in [1.807, 2.05) is 50.6 Å². The molecule has 1 aromatic carbocycles. The summed E-state index contributed by atoms with van der Waals surface area (Å²) in [5.74, 6) is 0.0903. The number of aromatic nitrogens is 1. The molecule has 0 spiro atoms. The van der Waals surface area contributed by atoms with Gasteiger partial charge in [0.15, 0.2) is 0 Å². The number of nitrogens with one attached hydrogen (secondary N) is 1. The van der Waals surface area contributed by atoms with Gasteiger partial charge >= 0.3 is 0 Å². The number of nitrogens with two attached hydrogens (primary N) is 1. The fourth-order valence-electron chi connectivity index (χ4n) is 1.98. The molecule has 0 bridgehead atoms. The van der Waals surface area contributed by atoms with Crippen molar-refractivity contribution in [3.05, 3.63) is 59.4 Å². The van der Waals surface area contributed by atoms with Crippen molar-refractivity contribution in [1.29, 1.82) is 5.41 Å². The Morgan fingerprint density at radius 1 is 1.32 bits per heavy atom. The van der Waals surface area contributed by atoms with E-state index in [4.69, 9.17) is 11.1 Å². The van der Waals surface area contributed by atoms with Crippen molar-refractivity contribution in [1.82, 2.24) is 4.98 Å². The Balaban J connectivity index is 2.18. The largest absolute Gasteiger partial charge is 0.384 e. The van der Waals surface area contributed by atoms with Crippen LogP contribution in [-0.4, -0.2) is 17.9 Å². The standard InChI is InChI=1S/C15H18N4/c1-11-6-12(9-18-8-11)10-19(2)14-5-3-4-13(7-14)15(16)17/h3-9H,10H2,1-2H3,(H3,16,17). The Kier molecular flexibility index (Phi) is 3.80. The summed E-state index contributed by atoms with van der Waals surface area (Å²) in [5.41, 5.74) is 9.61. The van der Waals surface area contributed by atoms with E-state index in [1.54, 1.807) is 0 Å².